The maximum Gasteiger partial charge on any atom is 0.335 e. The van der Waals surface area contributed by atoms with Crippen LogP contribution in [0, 0.1) is 18.3 Å². The zero-order chi connectivity index (χ0) is 28.8. The molecule has 4 aromatic rings. The van der Waals surface area contributed by atoms with Gasteiger partial charge in [-0.15, -0.1) is 0 Å². The molecule has 2 N–H and O–H groups in total. The number of pyridine rings is 1. The lowest BCUT2D eigenvalue weighted by atomic mass is 9.98. The molecule has 0 fully saturated rings. The zero-order valence-corrected chi connectivity index (χ0v) is 23.6. The molecule has 0 spiro atoms. The maximum atomic E-state index is 13.3. The summed E-state index contributed by atoms with van der Waals surface area (Å²) in [6.45, 7) is 3.85. The van der Waals surface area contributed by atoms with Gasteiger partial charge in [0.05, 0.1) is 39.9 Å². The van der Waals surface area contributed by atoms with Crippen LogP contribution in [-0.2, 0) is 4.79 Å². The highest BCUT2D eigenvalue weighted by molar-refractivity contribution is 8.00. The van der Waals surface area contributed by atoms with E-state index in [-0.39, 0.29) is 22.2 Å². The molecule has 0 saturated carbocycles. The predicted octanol–water partition coefficient (Wildman–Crippen LogP) is 7.47. The number of benzene rings is 3. The molecule has 0 aliphatic heterocycles. The number of aromatic carboxylic acids is 1. The van der Waals surface area contributed by atoms with Crippen molar-refractivity contribution in [2.75, 3.05) is 12.4 Å². The average molecular weight is 572 g/mol. The van der Waals surface area contributed by atoms with Gasteiger partial charge in [0, 0.05) is 11.1 Å². The lowest BCUT2D eigenvalue weighted by Crippen LogP contribution is -2.25. The van der Waals surface area contributed by atoms with Gasteiger partial charge in [-0.25, -0.2) is 9.78 Å². The summed E-state index contributed by atoms with van der Waals surface area (Å²) in [5.41, 5.74) is 4.70. The first-order chi connectivity index (χ1) is 19.2. The van der Waals surface area contributed by atoms with Gasteiger partial charge in [-0.1, -0.05) is 60.1 Å². The number of ether oxygens (including phenoxy) is 1. The highest BCUT2D eigenvalue weighted by Crippen LogP contribution is 2.37. The molecule has 0 saturated heterocycles. The molecule has 1 aromatic heterocycles. The van der Waals surface area contributed by atoms with E-state index < -0.39 is 11.2 Å². The Kier molecular flexibility index (Phi) is 9.10. The minimum Gasteiger partial charge on any atom is -0.497 e. The monoisotopic (exact) mass is 571 g/mol. The summed E-state index contributed by atoms with van der Waals surface area (Å²) in [6.07, 6.45) is 0.423. The topological polar surface area (TPSA) is 112 Å². The van der Waals surface area contributed by atoms with Crippen molar-refractivity contribution >= 4 is 40.9 Å². The molecule has 0 radical (unpaired) electrons. The number of carbonyl (C=O) groups excluding carboxylic acids is 1. The number of carboxylic acid groups (broad SMARTS) is 1. The van der Waals surface area contributed by atoms with E-state index >= 15 is 0 Å². The number of aryl methyl sites for hydroxylation is 1. The van der Waals surface area contributed by atoms with Crippen LogP contribution in [-0.4, -0.2) is 34.3 Å². The Hall–Kier alpha value is -4.32. The Morgan fingerprint density at radius 3 is 2.35 bits per heavy atom. The lowest BCUT2D eigenvalue weighted by Gasteiger charge is -2.18. The third kappa shape index (κ3) is 6.45. The van der Waals surface area contributed by atoms with Crippen LogP contribution < -0.4 is 10.1 Å². The number of hydrogen-bond acceptors (Lipinski definition) is 6. The maximum absolute atomic E-state index is 13.3. The fraction of sp³-hybridized carbons (Fsp3) is 0.161. The fourth-order valence-corrected chi connectivity index (χ4v) is 5.20. The first-order valence-corrected chi connectivity index (χ1v) is 13.7. The van der Waals surface area contributed by atoms with Crippen molar-refractivity contribution < 1.29 is 19.4 Å². The Morgan fingerprint density at radius 1 is 1.07 bits per heavy atom. The molecule has 1 amide bonds. The van der Waals surface area contributed by atoms with Crippen LogP contribution in [0.2, 0.25) is 5.02 Å². The van der Waals surface area contributed by atoms with Gasteiger partial charge in [0.25, 0.3) is 0 Å². The van der Waals surface area contributed by atoms with E-state index in [1.54, 1.807) is 7.11 Å². The number of nitrogens with zero attached hydrogens (tertiary/aromatic N) is 2. The minimum absolute atomic E-state index is 0.00349. The van der Waals surface area contributed by atoms with E-state index in [9.17, 15) is 20.0 Å². The molecule has 9 heteroatoms. The molecule has 1 atom stereocenters. The summed E-state index contributed by atoms with van der Waals surface area (Å²) in [7, 11) is 1.60. The minimum atomic E-state index is -1.13. The first-order valence-electron chi connectivity index (χ1n) is 12.4. The zero-order valence-electron chi connectivity index (χ0n) is 22.1. The number of aromatic nitrogens is 1. The van der Waals surface area contributed by atoms with Crippen molar-refractivity contribution in [2.45, 2.75) is 30.5 Å². The number of amides is 1. The largest absolute Gasteiger partial charge is 0.497 e. The molecular weight excluding hydrogens is 546 g/mol. The number of methoxy groups -OCH3 is 1. The quantitative estimate of drug-likeness (QED) is 0.200. The molecule has 3 aromatic carbocycles. The van der Waals surface area contributed by atoms with Crippen LogP contribution in [0.5, 0.6) is 5.75 Å². The van der Waals surface area contributed by atoms with Gasteiger partial charge in [0.15, 0.2) is 0 Å². The number of nitriles is 1. The standard InChI is InChI=1S/C31H26ClN3O4S/c1-4-28(29(36)34-27-15-21(31(37)38)11-14-25(27)32)40-30-24(17-33)23(19-7-5-18(2)6-8-19)16-26(35-30)20-9-12-22(39-3)13-10-20/h5-16,28H,4H2,1-3H3,(H,34,36)(H,37,38). The summed E-state index contributed by atoms with van der Waals surface area (Å²) < 4.78 is 5.29. The van der Waals surface area contributed by atoms with Crippen LogP contribution in [0.1, 0.15) is 34.8 Å². The number of carbonyl (C=O) groups is 2. The van der Waals surface area contributed by atoms with E-state index in [1.807, 2.05) is 68.4 Å². The number of thioether (sulfide) groups is 1. The average Bonchev–Trinajstić information content (AvgIpc) is 2.96. The van der Waals surface area contributed by atoms with Gasteiger partial charge in [-0.2, -0.15) is 5.26 Å². The van der Waals surface area contributed by atoms with Crippen LogP contribution in [0.4, 0.5) is 5.69 Å². The molecular formula is C31H26ClN3O4S. The SMILES string of the molecule is CCC(Sc1nc(-c2ccc(OC)cc2)cc(-c2ccc(C)cc2)c1C#N)C(=O)Nc1cc(C(=O)O)ccc1Cl. The van der Waals surface area contributed by atoms with E-state index in [0.717, 1.165) is 16.7 Å². The van der Waals surface area contributed by atoms with Crippen molar-refractivity contribution in [2.24, 2.45) is 0 Å². The molecule has 0 aliphatic rings. The molecule has 7 nitrogen and oxygen atoms in total. The van der Waals surface area contributed by atoms with Crippen molar-refractivity contribution in [1.29, 1.82) is 5.26 Å². The summed E-state index contributed by atoms with van der Waals surface area (Å²) in [5, 5.41) is 22.3. The second kappa shape index (κ2) is 12.7. The first kappa shape index (κ1) is 28.7. The molecule has 4 rings (SSSR count). The van der Waals surface area contributed by atoms with Crippen LogP contribution in [0.25, 0.3) is 22.4 Å². The van der Waals surface area contributed by atoms with Crippen LogP contribution in [0.3, 0.4) is 0 Å². The smallest absolute Gasteiger partial charge is 0.335 e. The van der Waals surface area contributed by atoms with Gasteiger partial charge >= 0.3 is 5.97 Å². The van der Waals surface area contributed by atoms with E-state index in [2.05, 4.69) is 11.4 Å². The second-order valence-corrected chi connectivity index (χ2v) is 10.5. The Balaban J connectivity index is 1.76. The summed E-state index contributed by atoms with van der Waals surface area (Å²) in [5.74, 6) is -0.802. The molecule has 40 heavy (non-hydrogen) atoms. The van der Waals surface area contributed by atoms with Gasteiger partial charge in [0.2, 0.25) is 5.91 Å². The number of hydrogen-bond donors (Lipinski definition) is 2. The predicted molar refractivity (Wildman–Crippen MR) is 158 cm³/mol. The summed E-state index contributed by atoms with van der Waals surface area (Å²) in [6, 6.07) is 23.6. The molecule has 0 aliphatic carbocycles. The molecule has 202 valence electrons. The molecule has 0 bridgehead atoms. The lowest BCUT2D eigenvalue weighted by molar-refractivity contribution is -0.115. The highest BCUT2D eigenvalue weighted by Gasteiger charge is 2.24. The van der Waals surface area contributed by atoms with Gasteiger partial charge in [-0.05, 0) is 67.4 Å². The third-order valence-corrected chi connectivity index (χ3v) is 7.91. The molecule has 1 unspecified atom stereocenters. The second-order valence-electron chi connectivity index (χ2n) is 8.95. The van der Waals surface area contributed by atoms with Gasteiger partial charge in [-0.3, -0.25) is 4.79 Å². The number of rotatable bonds is 9. The number of halogens is 1. The summed E-state index contributed by atoms with van der Waals surface area (Å²) in [4.78, 5) is 29.6. The number of anilines is 1. The highest BCUT2D eigenvalue weighted by atomic mass is 35.5. The third-order valence-electron chi connectivity index (χ3n) is 6.23. The van der Waals surface area contributed by atoms with Crippen molar-refractivity contribution in [3.05, 3.63) is 94.5 Å². The van der Waals surface area contributed by atoms with E-state index in [4.69, 9.17) is 21.3 Å². The van der Waals surface area contributed by atoms with Crippen LogP contribution >= 0.6 is 23.4 Å². The fourth-order valence-electron chi connectivity index (χ4n) is 4.01. The number of carboxylic acids is 1. The normalized spacial score (nSPS) is 11.4. The van der Waals surface area contributed by atoms with Gasteiger partial charge < -0.3 is 15.2 Å². The van der Waals surface area contributed by atoms with E-state index in [0.29, 0.717) is 34.0 Å². The Labute approximate surface area is 241 Å². The van der Waals surface area contributed by atoms with Crippen molar-refractivity contribution in [3.63, 3.8) is 0 Å². The van der Waals surface area contributed by atoms with E-state index in [1.165, 1.54) is 30.0 Å². The van der Waals surface area contributed by atoms with Gasteiger partial charge in [0.1, 0.15) is 16.8 Å². The van der Waals surface area contributed by atoms with Crippen molar-refractivity contribution in [3.8, 4) is 34.2 Å². The molecule has 1 heterocycles. The van der Waals surface area contributed by atoms with Crippen molar-refractivity contribution in [1.82, 2.24) is 4.98 Å². The Morgan fingerprint density at radius 2 is 1.75 bits per heavy atom. The Bertz CT molecular complexity index is 1600. The number of nitrogens with one attached hydrogen (secondary N) is 1. The summed E-state index contributed by atoms with van der Waals surface area (Å²) >= 11 is 7.41. The van der Waals surface area contributed by atoms with Crippen LogP contribution in [0.15, 0.2) is 77.8 Å².